The molecule has 1 aromatic carbocycles. The molecule has 0 radical (unpaired) electrons. The molecule has 1 aromatic heterocycles. The summed E-state index contributed by atoms with van der Waals surface area (Å²) in [4.78, 5) is 0.862. The Labute approximate surface area is 123 Å². The van der Waals surface area contributed by atoms with Crippen molar-refractivity contribution in [2.45, 2.75) is 25.8 Å². The van der Waals surface area contributed by atoms with Gasteiger partial charge in [0.1, 0.15) is 5.82 Å². The van der Waals surface area contributed by atoms with Crippen molar-refractivity contribution in [2.75, 3.05) is 0 Å². The van der Waals surface area contributed by atoms with Gasteiger partial charge in [-0.15, -0.1) is 5.10 Å². The first kappa shape index (κ1) is 14.5. The highest BCUT2D eigenvalue weighted by molar-refractivity contribution is 9.10. The third kappa shape index (κ3) is 3.00. The molecule has 0 aliphatic heterocycles. The number of nitrogens with zero attached hydrogens (tertiary/aromatic N) is 2. The zero-order valence-electron chi connectivity index (χ0n) is 10.4. The molecule has 4 nitrogen and oxygen atoms in total. The highest BCUT2D eigenvalue weighted by Crippen LogP contribution is 2.31. The van der Waals surface area contributed by atoms with Crippen LogP contribution in [0, 0.1) is 5.82 Å². The fraction of sp³-hybridized carbons (Fsp3) is 0.333. The first-order valence-corrected chi connectivity index (χ1v) is 7.46. The van der Waals surface area contributed by atoms with Crippen LogP contribution in [0.5, 0.6) is 0 Å². The summed E-state index contributed by atoms with van der Waals surface area (Å²) in [6.45, 7) is 2.06. The quantitative estimate of drug-likeness (QED) is 0.646. The second-order valence-electron chi connectivity index (χ2n) is 4.08. The van der Waals surface area contributed by atoms with Gasteiger partial charge in [-0.25, -0.2) is 9.82 Å². The molecule has 0 amide bonds. The minimum Gasteiger partial charge on any atom is -0.271 e. The van der Waals surface area contributed by atoms with Crippen LogP contribution in [0.2, 0.25) is 0 Å². The molecule has 0 fully saturated rings. The van der Waals surface area contributed by atoms with Crippen molar-refractivity contribution < 1.29 is 4.39 Å². The zero-order chi connectivity index (χ0) is 13.8. The molecule has 2 rings (SSSR count). The summed E-state index contributed by atoms with van der Waals surface area (Å²) in [5, 5.41) is 4.09. The SMILES string of the molecule is CCCc1nnsc1C(NN)c1cccc(Br)c1F. The van der Waals surface area contributed by atoms with E-state index in [0.29, 0.717) is 10.0 Å². The maximum absolute atomic E-state index is 14.2. The van der Waals surface area contributed by atoms with E-state index >= 15 is 0 Å². The molecule has 0 saturated carbocycles. The molecule has 0 spiro atoms. The number of nitrogens with two attached hydrogens (primary N) is 1. The fourth-order valence-electron chi connectivity index (χ4n) is 1.90. The van der Waals surface area contributed by atoms with Crippen LogP contribution in [0.25, 0.3) is 0 Å². The molecule has 102 valence electrons. The van der Waals surface area contributed by atoms with Gasteiger partial charge in [0.05, 0.1) is 21.1 Å². The number of nitrogens with one attached hydrogen (secondary N) is 1. The lowest BCUT2D eigenvalue weighted by Gasteiger charge is -2.16. The number of aromatic nitrogens is 2. The molecule has 2 aromatic rings. The Kier molecular flexibility index (Phi) is 4.98. The molecule has 0 bridgehead atoms. The number of hydrogen-bond acceptors (Lipinski definition) is 5. The summed E-state index contributed by atoms with van der Waals surface area (Å²) in [6, 6.07) is 4.71. The van der Waals surface area contributed by atoms with Crippen LogP contribution in [-0.4, -0.2) is 9.59 Å². The van der Waals surface area contributed by atoms with Crippen LogP contribution in [0.4, 0.5) is 4.39 Å². The maximum atomic E-state index is 14.2. The zero-order valence-corrected chi connectivity index (χ0v) is 12.8. The monoisotopic (exact) mass is 344 g/mol. The number of aryl methyl sites for hydroxylation is 1. The summed E-state index contributed by atoms with van der Waals surface area (Å²) < 4.78 is 18.5. The fourth-order valence-corrected chi connectivity index (χ4v) is 3.05. The molecule has 0 aliphatic carbocycles. The van der Waals surface area contributed by atoms with Crippen molar-refractivity contribution in [1.82, 2.24) is 15.0 Å². The molecule has 0 saturated heterocycles. The predicted octanol–water partition coefficient (Wildman–Crippen LogP) is 2.94. The molecule has 3 N–H and O–H groups in total. The summed E-state index contributed by atoms with van der Waals surface area (Å²) >= 11 is 4.43. The van der Waals surface area contributed by atoms with Crippen LogP contribution >= 0.6 is 27.5 Å². The molecule has 1 unspecified atom stereocenters. The third-order valence-corrected chi connectivity index (χ3v) is 4.24. The summed E-state index contributed by atoms with van der Waals surface area (Å²) in [5.74, 6) is 5.28. The second kappa shape index (κ2) is 6.51. The summed E-state index contributed by atoms with van der Waals surface area (Å²) in [7, 11) is 0. The van der Waals surface area contributed by atoms with E-state index in [1.807, 2.05) is 0 Å². The Bertz CT molecular complexity index is 560. The molecular formula is C12H14BrFN4S. The Morgan fingerprint density at radius 3 is 3.00 bits per heavy atom. The Balaban J connectivity index is 2.44. The lowest BCUT2D eigenvalue weighted by atomic mass is 10.0. The predicted molar refractivity (Wildman–Crippen MR) is 77.2 cm³/mol. The lowest BCUT2D eigenvalue weighted by Crippen LogP contribution is -2.29. The number of hydrazine groups is 1. The topological polar surface area (TPSA) is 63.8 Å². The van der Waals surface area contributed by atoms with Crippen LogP contribution < -0.4 is 11.3 Å². The Hall–Kier alpha value is -0.890. The van der Waals surface area contributed by atoms with Crippen molar-refractivity contribution in [1.29, 1.82) is 0 Å². The minimum atomic E-state index is -0.431. The van der Waals surface area contributed by atoms with Gasteiger partial charge in [-0.05, 0) is 39.9 Å². The van der Waals surface area contributed by atoms with E-state index in [-0.39, 0.29) is 5.82 Å². The number of hydrogen-bond donors (Lipinski definition) is 2. The maximum Gasteiger partial charge on any atom is 0.142 e. The third-order valence-electron chi connectivity index (χ3n) is 2.79. The highest BCUT2D eigenvalue weighted by Gasteiger charge is 2.23. The standard InChI is InChI=1S/C12H14BrFN4S/c1-2-4-9-12(19-18-17-9)11(16-15)7-5-3-6-8(13)10(7)14/h3,5-6,11,16H,2,4,15H2,1H3. The minimum absolute atomic E-state index is 0.318. The van der Waals surface area contributed by atoms with Gasteiger partial charge in [0, 0.05) is 5.56 Å². The van der Waals surface area contributed by atoms with Gasteiger partial charge in [-0.2, -0.15) is 0 Å². The Morgan fingerprint density at radius 1 is 1.53 bits per heavy atom. The van der Waals surface area contributed by atoms with E-state index in [2.05, 4.69) is 37.9 Å². The van der Waals surface area contributed by atoms with Gasteiger partial charge in [0.2, 0.25) is 0 Å². The molecule has 0 aliphatic rings. The highest BCUT2D eigenvalue weighted by atomic mass is 79.9. The average molecular weight is 345 g/mol. The van der Waals surface area contributed by atoms with Crippen molar-refractivity contribution >= 4 is 27.5 Å². The van der Waals surface area contributed by atoms with Crippen LogP contribution in [-0.2, 0) is 6.42 Å². The van der Waals surface area contributed by atoms with Crippen molar-refractivity contribution in [3.8, 4) is 0 Å². The van der Waals surface area contributed by atoms with E-state index in [0.717, 1.165) is 23.4 Å². The van der Waals surface area contributed by atoms with Crippen molar-refractivity contribution in [3.63, 3.8) is 0 Å². The van der Waals surface area contributed by atoms with E-state index in [4.69, 9.17) is 5.84 Å². The summed E-state index contributed by atoms with van der Waals surface area (Å²) in [5.41, 5.74) is 4.01. The normalized spacial score (nSPS) is 12.6. The largest absolute Gasteiger partial charge is 0.271 e. The van der Waals surface area contributed by atoms with Gasteiger partial charge < -0.3 is 0 Å². The number of rotatable bonds is 5. The van der Waals surface area contributed by atoms with E-state index in [9.17, 15) is 4.39 Å². The second-order valence-corrected chi connectivity index (χ2v) is 5.72. The van der Waals surface area contributed by atoms with Crippen LogP contribution in [0.3, 0.4) is 0 Å². The summed E-state index contributed by atoms with van der Waals surface area (Å²) in [6.07, 6.45) is 1.76. The van der Waals surface area contributed by atoms with Gasteiger partial charge >= 0.3 is 0 Å². The molecule has 1 atom stereocenters. The number of benzene rings is 1. The molecule has 19 heavy (non-hydrogen) atoms. The molecule has 7 heteroatoms. The van der Waals surface area contributed by atoms with Gasteiger partial charge in [-0.1, -0.05) is 30.0 Å². The lowest BCUT2D eigenvalue weighted by molar-refractivity contribution is 0.557. The first-order chi connectivity index (χ1) is 9.19. The van der Waals surface area contributed by atoms with Crippen molar-refractivity contribution in [3.05, 3.63) is 44.6 Å². The van der Waals surface area contributed by atoms with Gasteiger partial charge in [0.25, 0.3) is 0 Å². The smallest absolute Gasteiger partial charge is 0.142 e. The van der Waals surface area contributed by atoms with Crippen molar-refractivity contribution in [2.24, 2.45) is 5.84 Å². The molecule has 1 heterocycles. The van der Waals surface area contributed by atoms with Gasteiger partial charge in [-0.3, -0.25) is 5.84 Å². The first-order valence-electron chi connectivity index (χ1n) is 5.90. The van der Waals surface area contributed by atoms with Gasteiger partial charge in [0.15, 0.2) is 0 Å². The molecular weight excluding hydrogens is 331 g/mol. The van der Waals surface area contributed by atoms with E-state index in [1.165, 1.54) is 11.5 Å². The van der Waals surface area contributed by atoms with Crippen LogP contribution in [0.15, 0.2) is 22.7 Å². The van der Waals surface area contributed by atoms with E-state index < -0.39 is 6.04 Å². The van der Waals surface area contributed by atoms with E-state index in [1.54, 1.807) is 18.2 Å². The number of halogens is 2. The Morgan fingerprint density at radius 2 is 2.32 bits per heavy atom. The van der Waals surface area contributed by atoms with Crippen LogP contribution in [0.1, 0.15) is 35.5 Å². The average Bonchev–Trinajstić information content (AvgIpc) is 2.84.